The highest BCUT2D eigenvalue weighted by molar-refractivity contribution is 9.10. The molecule has 0 amide bonds. The van der Waals surface area contributed by atoms with Gasteiger partial charge in [-0.15, -0.1) is 0 Å². The lowest BCUT2D eigenvalue weighted by molar-refractivity contribution is 0.364. The molecule has 1 fully saturated rings. The monoisotopic (exact) mass is 330 g/mol. The van der Waals surface area contributed by atoms with Crippen molar-refractivity contribution in [2.75, 3.05) is 0 Å². The maximum atomic E-state index is 11.8. The maximum absolute atomic E-state index is 11.8. The van der Waals surface area contributed by atoms with E-state index in [1.807, 2.05) is 0 Å². The SMILES string of the molecule is O=c1c(Br)c(Cl)ncn1Cc1nc(C2CC2)no1. The molecule has 1 aliphatic carbocycles. The zero-order chi connectivity index (χ0) is 12.7. The van der Waals surface area contributed by atoms with Crippen molar-refractivity contribution >= 4 is 27.5 Å². The Labute approximate surface area is 115 Å². The molecule has 0 aromatic carbocycles. The number of halogens is 2. The molecule has 3 rings (SSSR count). The fourth-order valence-electron chi connectivity index (χ4n) is 1.54. The number of hydrogen-bond acceptors (Lipinski definition) is 5. The van der Waals surface area contributed by atoms with Crippen molar-refractivity contribution in [3.63, 3.8) is 0 Å². The van der Waals surface area contributed by atoms with Gasteiger partial charge >= 0.3 is 0 Å². The first kappa shape index (κ1) is 11.9. The second-order valence-corrected chi connectivity index (χ2v) is 5.25. The maximum Gasteiger partial charge on any atom is 0.269 e. The van der Waals surface area contributed by atoms with Gasteiger partial charge in [0.2, 0.25) is 5.89 Å². The molecular formula is C10H8BrClN4O2. The molecule has 0 aliphatic heterocycles. The van der Waals surface area contributed by atoms with Crippen molar-refractivity contribution < 1.29 is 4.52 Å². The Morgan fingerprint density at radius 1 is 1.56 bits per heavy atom. The third-order valence-corrected chi connectivity index (χ3v) is 3.90. The minimum absolute atomic E-state index is 0.139. The van der Waals surface area contributed by atoms with Crippen LogP contribution < -0.4 is 5.56 Å². The van der Waals surface area contributed by atoms with Crippen LogP contribution >= 0.6 is 27.5 Å². The Bertz CT molecular complexity index is 650. The van der Waals surface area contributed by atoms with Gasteiger partial charge in [-0.25, -0.2) is 4.98 Å². The molecule has 0 N–H and O–H groups in total. The summed E-state index contributed by atoms with van der Waals surface area (Å²) in [5.41, 5.74) is -0.277. The first-order chi connectivity index (χ1) is 8.65. The van der Waals surface area contributed by atoms with Gasteiger partial charge in [-0.1, -0.05) is 16.8 Å². The summed E-state index contributed by atoms with van der Waals surface area (Å²) in [5.74, 6) is 1.54. The molecule has 0 bridgehead atoms. The normalized spacial score (nSPS) is 15.0. The van der Waals surface area contributed by atoms with E-state index in [0.717, 1.165) is 18.7 Å². The van der Waals surface area contributed by atoms with Gasteiger partial charge in [0.25, 0.3) is 5.56 Å². The highest BCUT2D eigenvalue weighted by Crippen LogP contribution is 2.38. The van der Waals surface area contributed by atoms with Gasteiger partial charge in [0.05, 0.1) is 6.33 Å². The molecule has 1 aliphatic rings. The van der Waals surface area contributed by atoms with Gasteiger partial charge in [0, 0.05) is 5.92 Å². The summed E-state index contributed by atoms with van der Waals surface area (Å²) >= 11 is 8.81. The Balaban J connectivity index is 1.87. The van der Waals surface area contributed by atoms with E-state index in [0.29, 0.717) is 11.8 Å². The third-order valence-electron chi connectivity index (χ3n) is 2.67. The smallest absolute Gasteiger partial charge is 0.269 e. The standard InChI is InChI=1S/C10H8BrClN4O2/c11-7-8(12)13-4-16(10(7)17)3-6-14-9(15-18-6)5-1-2-5/h4-5H,1-3H2. The Kier molecular flexibility index (Phi) is 2.95. The fraction of sp³-hybridized carbons (Fsp3) is 0.400. The molecular weight excluding hydrogens is 323 g/mol. The lowest BCUT2D eigenvalue weighted by Gasteiger charge is -2.02. The minimum atomic E-state index is -0.277. The first-order valence-corrected chi connectivity index (χ1v) is 6.55. The second-order valence-electron chi connectivity index (χ2n) is 4.10. The molecule has 0 radical (unpaired) electrons. The lowest BCUT2D eigenvalue weighted by Crippen LogP contribution is -2.22. The van der Waals surface area contributed by atoms with E-state index in [1.54, 1.807) is 0 Å². The molecule has 2 heterocycles. The van der Waals surface area contributed by atoms with Crippen LogP contribution in [0.1, 0.15) is 30.5 Å². The van der Waals surface area contributed by atoms with Crippen molar-refractivity contribution in [2.24, 2.45) is 0 Å². The second kappa shape index (κ2) is 4.47. The van der Waals surface area contributed by atoms with Crippen LogP contribution in [0.4, 0.5) is 0 Å². The fourth-order valence-corrected chi connectivity index (χ4v) is 2.00. The average Bonchev–Trinajstić information content (AvgIpc) is 3.11. The Morgan fingerprint density at radius 3 is 3.06 bits per heavy atom. The number of nitrogens with zero attached hydrogens (tertiary/aromatic N) is 4. The zero-order valence-corrected chi connectivity index (χ0v) is 11.5. The van der Waals surface area contributed by atoms with Gasteiger partial charge in [-0.3, -0.25) is 9.36 Å². The van der Waals surface area contributed by atoms with Crippen LogP contribution in [0.2, 0.25) is 5.15 Å². The van der Waals surface area contributed by atoms with E-state index in [9.17, 15) is 4.79 Å². The van der Waals surface area contributed by atoms with Crippen LogP contribution in [0.5, 0.6) is 0 Å². The molecule has 6 nitrogen and oxygen atoms in total. The van der Waals surface area contributed by atoms with Crippen LogP contribution in [0, 0.1) is 0 Å². The summed E-state index contributed by atoms with van der Waals surface area (Å²) in [6.07, 6.45) is 3.57. The van der Waals surface area contributed by atoms with E-state index in [-0.39, 0.29) is 21.7 Å². The quantitative estimate of drug-likeness (QED) is 0.804. The molecule has 0 unspecified atom stereocenters. The summed E-state index contributed by atoms with van der Waals surface area (Å²) in [6, 6.07) is 0. The number of rotatable bonds is 3. The van der Waals surface area contributed by atoms with Crippen molar-refractivity contribution in [1.82, 2.24) is 19.7 Å². The van der Waals surface area contributed by atoms with Gasteiger partial charge in [-0.2, -0.15) is 4.98 Å². The topological polar surface area (TPSA) is 73.8 Å². The molecule has 18 heavy (non-hydrogen) atoms. The van der Waals surface area contributed by atoms with Crippen LogP contribution in [-0.4, -0.2) is 19.7 Å². The average molecular weight is 332 g/mol. The summed E-state index contributed by atoms with van der Waals surface area (Å²) in [5, 5.41) is 4.02. The molecule has 0 spiro atoms. The molecule has 2 aromatic heterocycles. The largest absolute Gasteiger partial charge is 0.337 e. The van der Waals surface area contributed by atoms with Crippen LogP contribution in [0.15, 0.2) is 20.1 Å². The van der Waals surface area contributed by atoms with Crippen molar-refractivity contribution in [3.8, 4) is 0 Å². The van der Waals surface area contributed by atoms with E-state index in [2.05, 4.69) is 31.1 Å². The molecule has 1 saturated carbocycles. The Morgan fingerprint density at radius 2 is 2.33 bits per heavy atom. The minimum Gasteiger partial charge on any atom is -0.337 e. The predicted molar refractivity (Wildman–Crippen MR) is 66.6 cm³/mol. The summed E-state index contributed by atoms with van der Waals surface area (Å²) in [7, 11) is 0. The summed E-state index contributed by atoms with van der Waals surface area (Å²) < 4.78 is 6.69. The summed E-state index contributed by atoms with van der Waals surface area (Å²) in [6.45, 7) is 0.196. The van der Waals surface area contributed by atoms with Gasteiger partial charge in [0.15, 0.2) is 11.0 Å². The number of hydrogen-bond donors (Lipinski definition) is 0. The molecule has 8 heteroatoms. The first-order valence-electron chi connectivity index (χ1n) is 5.38. The highest BCUT2D eigenvalue weighted by Gasteiger charge is 2.28. The predicted octanol–water partition coefficient (Wildman–Crippen LogP) is 1.97. The van der Waals surface area contributed by atoms with Gasteiger partial charge in [0.1, 0.15) is 11.0 Å². The van der Waals surface area contributed by atoms with Gasteiger partial charge < -0.3 is 4.52 Å². The summed E-state index contributed by atoms with van der Waals surface area (Å²) in [4.78, 5) is 20.0. The van der Waals surface area contributed by atoms with E-state index in [4.69, 9.17) is 16.1 Å². The van der Waals surface area contributed by atoms with Crippen molar-refractivity contribution in [1.29, 1.82) is 0 Å². The van der Waals surface area contributed by atoms with Crippen LogP contribution in [0.25, 0.3) is 0 Å². The number of aromatic nitrogens is 4. The molecule has 0 saturated heterocycles. The third kappa shape index (κ3) is 2.20. The van der Waals surface area contributed by atoms with Crippen molar-refractivity contribution in [2.45, 2.75) is 25.3 Å². The van der Waals surface area contributed by atoms with Crippen molar-refractivity contribution in [3.05, 3.63) is 38.0 Å². The molecule has 94 valence electrons. The van der Waals surface area contributed by atoms with E-state index < -0.39 is 0 Å². The lowest BCUT2D eigenvalue weighted by atomic mass is 10.4. The van der Waals surface area contributed by atoms with Crippen LogP contribution in [-0.2, 0) is 6.54 Å². The van der Waals surface area contributed by atoms with E-state index in [1.165, 1.54) is 10.9 Å². The molecule has 2 aromatic rings. The zero-order valence-electron chi connectivity index (χ0n) is 9.14. The Hall–Kier alpha value is -1.21. The van der Waals surface area contributed by atoms with Crippen LogP contribution in [0.3, 0.4) is 0 Å². The van der Waals surface area contributed by atoms with Gasteiger partial charge in [-0.05, 0) is 28.8 Å². The van der Waals surface area contributed by atoms with E-state index >= 15 is 0 Å². The molecule has 0 atom stereocenters. The highest BCUT2D eigenvalue weighted by atomic mass is 79.9.